The summed E-state index contributed by atoms with van der Waals surface area (Å²) >= 11 is 6.42. The molecule has 3 heterocycles. The Balaban J connectivity index is 1.31. The van der Waals surface area contributed by atoms with E-state index in [4.69, 9.17) is 9.47 Å². The molecule has 1 aromatic heterocycles. The number of para-hydroxylation sites is 1. The second-order valence-electron chi connectivity index (χ2n) is 10.6. The van der Waals surface area contributed by atoms with E-state index in [1.54, 1.807) is 30.8 Å². The number of anilines is 1. The minimum absolute atomic E-state index is 0.0157. The number of thiazole rings is 1. The fourth-order valence-corrected chi connectivity index (χ4v) is 10.7. The Morgan fingerprint density at radius 1 is 1.07 bits per heavy atom. The van der Waals surface area contributed by atoms with Crippen molar-refractivity contribution < 1.29 is 23.9 Å². The number of amides is 2. The minimum Gasteiger partial charge on any atom is -0.482 e. The Bertz CT molecular complexity index is 1590. The molecule has 4 unspecified atom stereocenters. The molecule has 0 radical (unpaired) electrons. The Morgan fingerprint density at radius 2 is 1.82 bits per heavy atom. The molecule has 11 heteroatoms. The predicted molar refractivity (Wildman–Crippen MR) is 154 cm³/mol. The summed E-state index contributed by atoms with van der Waals surface area (Å²) in [6, 6.07) is 14.8. The van der Waals surface area contributed by atoms with Crippen LogP contribution in [0.2, 0.25) is 0 Å². The molecule has 3 fully saturated rings. The Morgan fingerprint density at radius 3 is 2.58 bits per heavy atom. The Kier molecular flexibility index (Phi) is 6.43. The van der Waals surface area contributed by atoms with E-state index in [0.717, 1.165) is 26.4 Å². The molecule has 2 aromatic carbocycles. The van der Waals surface area contributed by atoms with Crippen LogP contribution in [0.15, 0.2) is 62.8 Å². The number of esters is 1. The van der Waals surface area contributed by atoms with Crippen LogP contribution < -0.4 is 14.5 Å². The van der Waals surface area contributed by atoms with Gasteiger partial charge in [0.25, 0.3) is 0 Å². The molecule has 7 rings (SSSR count). The van der Waals surface area contributed by atoms with E-state index >= 15 is 0 Å². The van der Waals surface area contributed by atoms with Crippen molar-refractivity contribution in [3.8, 4) is 5.75 Å². The van der Waals surface area contributed by atoms with Crippen LogP contribution in [-0.4, -0.2) is 41.2 Å². The number of rotatable bonds is 6. The first-order valence-corrected chi connectivity index (χ1v) is 15.8. The van der Waals surface area contributed by atoms with Gasteiger partial charge in [-0.2, -0.15) is 0 Å². The van der Waals surface area contributed by atoms with Gasteiger partial charge in [0.15, 0.2) is 6.61 Å². The summed E-state index contributed by atoms with van der Waals surface area (Å²) in [6.45, 7) is 1.77. The first kappa shape index (κ1) is 26.0. The number of ether oxygens (including phenoxy) is 2. The summed E-state index contributed by atoms with van der Waals surface area (Å²) in [4.78, 5) is 57.5. The average molecular weight is 642 g/mol. The number of aromatic nitrogens is 1. The number of imide groups is 1. The van der Waals surface area contributed by atoms with E-state index in [2.05, 4.69) is 20.9 Å². The molecule has 1 N–H and O–H groups in total. The summed E-state index contributed by atoms with van der Waals surface area (Å²) in [5.74, 6) is -1.14. The summed E-state index contributed by atoms with van der Waals surface area (Å²) < 4.78 is 11.9. The molecular weight excluding hydrogens is 616 g/mol. The lowest BCUT2D eigenvalue weighted by molar-refractivity contribution is -0.145. The van der Waals surface area contributed by atoms with Crippen LogP contribution in [0.25, 0.3) is 0 Å². The number of thioether (sulfide) groups is 1. The Hall–Kier alpha value is -2.89. The highest BCUT2D eigenvalue weighted by atomic mass is 79.9. The molecule has 2 aliphatic carbocycles. The lowest BCUT2D eigenvalue weighted by atomic mass is 9.68. The fourth-order valence-electron chi connectivity index (χ4n) is 7.43. The highest BCUT2D eigenvalue weighted by molar-refractivity contribution is 9.10. The van der Waals surface area contributed by atoms with E-state index < -0.39 is 11.9 Å². The standard InChI is InChI=1S/C29H25BrN2O6S2/c1-2-37-19(33)12-38-18-9-8-13(30)10-15(18)20-21-16-11-17(24(21)39-26-25(20)40-29(36)31-26)23-22(16)27(34)32(28(23)35)14-6-4-3-5-7-14/h3-10,16-17,20-24H,2,11-12H2,1H3,(H,31,36)/t16-,17-,20-,21?,22?,23?,24?/m1/s1. The van der Waals surface area contributed by atoms with Gasteiger partial charge in [0.2, 0.25) is 11.8 Å². The molecule has 7 atom stereocenters. The molecule has 2 saturated carbocycles. The van der Waals surface area contributed by atoms with Crippen LogP contribution in [0.3, 0.4) is 0 Å². The zero-order chi connectivity index (χ0) is 27.7. The molecule has 3 aromatic rings. The van der Waals surface area contributed by atoms with E-state index in [1.807, 2.05) is 36.4 Å². The van der Waals surface area contributed by atoms with Gasteiger partial charge in [-0.25, -0.2) is 4.79 Å². The second-order valence-corrected chi connectivity index (χ2v) is 13.7. The number of aromatic amines is 1. The summed E-state index contributed by atoms with van der Waals surface area (Å²) in [7, 11) is 0. The van der Waals surface area contributed by atoms with Crippen molar-refractivity contribution in [2.45, 2.75) is 29.5 Å². The number of nitrogens with zero attached hydrogens (tertiary/aromatic N) is 1. The lowest BCUT2D eigenvalue weighted by Crippen LogP contribution is -2.42. The summed E-state index contributed by atoms with van der Waals surface area (Å²) in [6.07, 6.45) is 0.792. The van der Waals surface area contributed by atoms with Gasteiger partial charge in [-0.05, 0) is 61.4 Å². The van der Waals surface area contributed by atoms with Crippen LogP contribution in [0.4, 0.5) is 5.69 Å². The number of hydrogen-bond donors (Lipinski definition) is 1. The van der Waals surface area contributed by atoms with Crippen molar-refractivity contribution in [2.75, 3.05) is 18.1 Å². The molecule has 2 bridgehead atoms. The third kappa shape index (κ3) is 3.92. The highest BCUT2D eigenvalue weighted by Gasteiger charge is 2.69. The monoisotopic (exact) mass is 640 g/mol. The van der Waals surface area contributed by atoms with Crippen molar-refractivity contribution in [1.82, 2.24) is 4.98 Å². The van der Waals surface area contributed by atoms with Gasteiger partial charge in [0.05, 0.1) is 29.2 Å². The van der Waals surface area contributed by atoms with Crippen molar-refractivity contribution in [1.29, 1.82) is 0 Å². The zero-order valence-electron chi connectivity index (χ0n) is 21.4. The van der Waals surface area contributed by atoms with E-state index in [0.29, 0.717) is 11.4 Å². The number of fused-ring (bicyclic) bond motifs is 9. The van der Waals surface area contributed by atoms with Gasteiger partial charge in [0, 0.05) is 26.1 Å². The number of carbonyl (C=O) groups is 3. The largest absolute Gasteiger partial charge is 0.482 e. The first-order valence-electron chi connectivity index (χ1n) is 13.3. The lowest BCUT2D eigenvalue weighted by Gasteiger charge is -2.43. The van der Waals surface area contributed by atoms with Crippen molar-refractivity contribution in [3.63, 3.8) is 0 Å². The van der Waals surface area contributed by atoms with Crippen LogP contribution in [0.5, 0.6) is 5.75 Å². The van der Waals surface area contributed by atoms with Crippen LogP contribution >= 0.6 is 39.0 Å². The van der Waals surface area contributed by atoms with Crippen molar-refractivity contribution in [2.24, 2.45) is 29.6 Å². The molecule has 206 valence electrons. The van der Waals surface area contributed by atoms with Gasteiger partial charge in [0.1, 0.15) is 5.75 Å². The van der Waals surface area contributed by atoms with E-state index in [1.165, 1.54) is 16.2 Å². The normalized spacial score (nSPS) is 29.8. The highest BCUT2D eigenvalue weighted by Crippen LogP contribution is 2.69. The topological polar surface area (TPSA) is 106 Å². The molecule has 40 heavy (non-hydrogen) atoms. The molecule has 0 spiro atoms. The summed E-state index contributed by atoms with van der Waals surface area (Å²) in [5, 5.41) is 0.872. The SMILES string of the molecule is CCOC(=O)COc1ccc(Br)cc1[C@H]1c2sc(=O)[nH]c2SC2C1[C@H]1C[C@@H]2C2C(=O)N(c3ccccc3)C(=O)C21. The maximum Gasteiger partial charge on any atom is 0.344 e. The second kappa shape index (κ2) is 9.88. The van der Waals surface area contributed by atoms with Gasteiger partial charge >= 0.3 is 10.8 Å². The molecule has 4 aliphatic rings. The molecule has 2 aliphatic heterocycles. The molecule has 2 amide bonds. The third-order valence-corrected chi connectivity index (χ3v) is 11.8. The van der Waals surface area contributed by atoms with Crippen molar-refractivity contribution in [3.05, 3.63) is 73.1 Å². The number of H-pyrrole nitrogens is 1. The van der Waals surface area contributed by atoms with Gasteiger partial charge in [-0.1, -0.05) is 45.5 Å². The minimum atomic E-state index is -0.459. The van der Waals surface area contributed by atoms with Gasteiger partial charge in [-0.3, -0.25) is 19.3 Å². The number of halogens is 1. The third-order valence-electron chi connectivity index (χ3n) is 8.70. The van der Waals surface area contributed by atoms with Crippen molar-refractivity contribution >= 4 is 62.5 Å². The quantitative estimate of drug-likeness (QED) is 0.304. The molecular formula is C29H25BrN2O6S2. The number of nitrogens with one attached hydrogen (secondary N) is 1. The van der Waals surface area contributed by atoms with Crippen LogP contribution in [-0.2, 0) is 19.1 Å². The predicted octanol–water partition coefficient (Wildman–Crippen LogP) is 4.82. The van der Waals surface area contributed by atoms with Gasteiger partial charge < -0.3 is 14.5 Å². The van der Waals surface area contributed by atoms with Crippen LogP contribution in [0, 0.1) is 29.6 Å². The molecule has 8 nitrogen and oxygen atoms in total. The first-order chi connectivity index (χ1) is 19.4. The fraction of sp³-hybridized carbons (Fsp3) is 0.379. The Labute approximate surface area is 246 Å². The van der Waals surface area contributed by atoms with Gasteiger partial charge in [-0.15, -0.1) is 11.8 Å². The van der Waals surface area contributed by atoms with Crippen LogP contribution in [0.1, 0.15) is 29.7 Å². The number of hydrogen-bond acceptors (Lipinski definition) is 8. The van der Waals surface area contributed by atoms with E-state index in [9.17, 15) is 19.2 Å². The maximum absolute atomic E-state index is 13.9. The smallest absolute Gasteiger partial charge is 0.344 e. The average Bonchev–Trinajstić information content (AvgIpc) is 3.67. The number of benzene rings is 2. The zero-order valence-corrected chi connectivity index (χ0v) is 24.6. The van der Waals surface area contributed by atoms with E-state index in [-0.39, 0.29) is 64.7 Å². The number of carbonyl (C=O) groups excluding carboxylic acids is 3. The summed E-state index contributed by atoms with van der Waals surface area (Å²) in [5.41, 5.74) is 1.47. The maximum atomic E-state index is 13.9. The molecule has 1 saturated heterocycles.